The first-order valence-corrected chi connectivity index (χ1v) is 7.33. The molecule has 5 nitrogen and oxygen atoms in total. The van der Waals surface area contributed by atoms with Crippen molar-refractivity contribution in [2.45, 2.75) is 25.3 Å². The van der Waals surface area contributed by atoms with E-state index in [1.165, 1.54) is 25.9 Å². The highest BCUT2D eigenvalue weighted by Gasteiger charge is 2.37. The van der Waals surface area contributed by atoms with E-state index in [9.17, 15) is 4.79 Å². The van der Waals surface area contributed by atoms with Crippen molar-refractivity contribution in [1.82, 2.24) is 20.0 Å². The van der Waals surface area contributed by atoms with Crippen LogP contribution in [0.25, 0.3) is 0 Å². The third-order valence-corrected chi connectivity index (χ3v) is 4.40. The molecule has 0 aliphatic carbocycles. The van der Waals surface area contributed by atoms with Gasteiger partial charge < -0.3 is 20.0 Å². The highest BCUT2D eigenvalue weighted by molar-refractivity contribution is 5.77. The van der Waals surface area contributed by atoms with Crippen molar-refractivity contribution in [2.24, 2.45) is 0 Å². The normalized spacial score (nSPS) is 29.1. The first-order chi connectivity index (χ1) is 8.84. The Hall–Kier alpha value is -0.810. The quantitative estimate of drug-likeness (QED) is 0.776. The number of urea groups is 1. The molecule has 0 bridgehead atoms. The minimum Gasteiger partial charge on any atom is -0.322 e. The molecule has 5 heteroatoms. The van der Waals surface area contributed by atoms with E-state index in [0.717, 1.165) is 45.7 Å². The number of nitrogens with zero attached hydrogens (tertiary/aromatic N) is 3. The van der Waals surface area contributed by atoms with Crippen LogP contribution < -0.4 is 5.32 Å². The molecule has 18 heavy (non-hydrogen) atoms. The van der Waals surface area contributed by atoms with E-state index in [1.54, 1.807) is 0 Å². The summed E-state index contributed by atoms with van der Waals surface area (Å²) in [6.45, 7) is 8.32. The van der Waals surface area contributed by atoms with E-state index in [4.69, 9.17) is 0 Å². The molecule has 0 aromatic rings. The number of amides is 2. The maximum atomic E-state index is 12.2. The van der Waals surface area contributed by atoms with Gasteiger partial charge in [0.25, 0.3) is 0 Å². The fourth-order valence-corrected chi connectivity index (χ4v) is 3.37. The van der Waals surface area contributed by atoms with Crippen LogP contribution in [0.15, 0.2) is 0 Å². The van der Waals surface area contributed by atoms with Gasteiger partial charge in [-0.2, -0.15) is 0 Å². The minimum absolute atomic E-state index is 0.267. The lowest BCUT2D eigenvalue weighted by Crippen LogP contribution is -2.49. The number of nitrogens with one attached hydrogen (secondary N) is 1. The maximum Gasteiger partial charge on any atom is 0.320 e. The second-order valence-electron chi connectivity index (χ2n) is 5.68. The van der Waals surface area contributed by atoms with Gasteiger partial charge in [0.2, 0.25) is 0 Å². The summed E-state index contributed by atoms with van der Waals surface area (Å²) in [4.78, 5) is 18.8. The number of fused-ring (bicyclic) bond motifs is 1. The van der Waals surface area contributed by atoms with E-state index in [-0.39, 0.29) is 6.03 Å². The molecule has 102 valence electrons. The van der Waals surface area contributed by atoms with Gasteiger partial charge in [-0.05, 0) is 38.9 Å². The summed E-state index contributed by atoms with van der Waals surface area (Å²) in [5.41, 5.74) is 0. The Morgan fingerprint density at radius 2 is 2.00 bits per heavy atom. The number of likely N-dealkylation sites (tertiary alicyclic amines) is 1. The van der Waals surface area contributed by atoms with Crippen LogP contribution in [0.4, 0.5) is 4.79 Å². The second kappa shape index (κ2) is 5.45. The van der Waals surface area contributed by atoms with Crippen molar-refractivity contribution < 1.29 is 4.79 Å². The SMILES string of the molecule is O=C1N(CCCN2CCCC2)CC2CNCCN12. The Balaban J connectivity index is 1.43. The van der Waals surface area contributed by atoms with Crippen LogP contribution in [0, 0.1) is 0 Å². The minimum atomic E-state index is 0.267. The molecule has 1 unspecified atom stereocenters. The number of rotatable bonds is 4. The smallest absolute Gasteiger partial charge is 0.320 e. The summed E-state index contributed by atoms with van der Waals surface area (Å²) in [6, 6.07) is 0.681. The fraction of sp³-hybridized carbons (Fsp3) is 0.923. The van der Waals surface area contributed by atoms with Crippen molar-refractivity contribution >= 4 is 6.03 Å². The van der Waals surface area contributed by atoms with Gasteiger partial charge in [0.15, 0.2) is 0 Å². The van der Waals surface area contributed by atoms with Crippen LogP contribution in [0.5, 0.6) is 0 Å². The van der Waals surface area contributed by atoms with Gasteiger partial charge in [-0.1, -0.05) is 0 Å². The summed E-state index contributed by atoms with van der Waals surface area (Å²) in [6.07, 6.45) is 3.83. The van der Waals surface area contributed by atoms with Gasteiger partial charge >= 0.3 is 6.03 Å². The molecule has 3 rings (SSSR count). The highest BCUT2D eigenvalue weighted by Crippen LogP contribution is 2.17. The Kier molecular flexibility index (Phi) is 3.70. The summed E-state index contributed by atoms with van der Waals surface area (Å²) >= 11 is 0. The summed E-state index contributed by atoms with van der Waals surface area (Å²) in [7, 11) is 0. The first kappa shape index (κ1) is 12.2. The number of hydrogen-bond acceptors (Lipinski definition) is 3. The number of carbonyl (C=O) groups is 1. The fourth-order valence-electron chi connectivity index (χ4n) is 3.37. The predicted octanol–water partition coefficient (Wildman–Crippen LogP) is 0.182. The topological polar surface area (TPSA) is 38.8 Å². The third-order valence-electron chi connectivity index (χ3n) is 4.40. The number of piperazine rings is 1. The molecule has 3 heterocycles. The molecular formula is C13H24N4O. The van der Waals surface area contributed by atoms with Crippen LogP contribution in [-0.2, 0) is 0 Å². The summed E-state index contributed by atoms with van der Waals surface area (Å²) in [5, 5.41) is 3.37. The molecule has 0 saturated carbocycles. The zero-order valence-corrected chi connectivity index (χ0v) is 11.1. The Labute approximate surface area is 109 Å². The van der Waals surface area contributed by atoms with Crippen LogP contribution in [0.1, 0.15) is 19.3 Å². The number of carbonyl (C=O) groups excluding carboxylic acids is 1. The van der Waals surface area contributed by atoms with E-state index in [1.807, 2.05) is 9.80 Å². The van der Waals surface area contributed by atoms with Gasteiger partial charge in [-0.25, -0.2) is 4.79 Å². The van der Waals surface area contributed by atoms with E-state index < -0.39 is 0 Å². The molecule has 0 radical (unpaired) electrons. The lowest BCUT2D eigenvalue weighted by Gasteiger charge is -2.28. The molecule has 3 aliphatic heterocycles. The highest BCUT2D eigenvalue weighted by atomic mass is 16.2. The van der Waals surface area contributed by atoms with E-state index in [0.29, 0.717) is 6.04 Å². The monoisotopic (exact) mass is 252 g/mol. The van der Waals surface area contributed by atoms with Gasteiger partial charge in [0.05, 0.1) is 6.04 Å². The molecule has 1 N–H and O–H groups in total. The zero-order chi connectivity index (χ0) is 12.4. The Morgan fingerprint density at radius 3 is 2.78 bits per heavy atom. The second-order valence-corrected chi connectivity index (χ2v) is 5.68. The van der Waals surface area contributed by atoms with Crippen molar-refractivity contribution in [1.29, 1.82) is 0 Å². The molecule has 3 fully saturated rings. The largest absolute Gasteiger partial charge is 0.322 e. The Bertz CT molecular complexity index is 303. The standard InChI is InChI=1S/C13H24N4O/c18-13-16(8-3-7-15-5-1-2-6-15)11-12-10-14-4-9-17(12)13/h12,14H,1-11H2. The number of hydrogen-bond donors (Lipinski definition) is 1. The van der Waals surface area contributed by atoms with Gasteiger partial charge in [0.1, 0.15) is 0 Å². The van der Waals surface area contributed by atoms with Crippen LogP contribution in [0.3, 0.4) is 0 Å². The Morgan fingerprint density at radius 1 is 1.17 bits per heavy atom. The zero-order valence-electron chi connectivity index (χ0n) is 11.1. The lowest BCUT2D eigenvalue weighted by molar-refractivity contribution is 0.178. The van der Waals surface area contributed by atoms with Crippen molar-refractivity contribution in [2.75, 3.05) is 52.4 Å². The first-order valence-electron chi connectivity index (χ1n) is 7.33. The molecule has 1 atom stereocenters. The molecule has 0 aromatic heterocycles. The van der Waals surface area contributed by atoms with Gasteiger partial charge in [0, 0.05) is 32.7 Å². The summed E-state index contributed by atoms with van der Waals surface area (Å²) in [5.74, 6) is 0. The molecule has 3 saturated heterocycles. The molecule has 2 amide bonds. The van der Waals surface area contributed by atoms with E-state index in [2.05, 4.69) is 10.2 Å². The van der Waals surface area contributed by atoms with Crippen molar-refractivity contribution in [3.05, 3.63) is 0 Å². The third kappa shape index (κ3) is 2.47. The lowest BCUT2D eigenvalue weighted by atomic mass is 10.2. The predicted molar refractivity (Wildman–Crippen MR) is 70.6 cm³/mol. The molecular weight excluding hydrogens is 228 g/mol. The summed E-state index contributed by atoms with van der Waals surface area (Å²) < 4.78 is 0. The van der Waals surface area contributed by atoms with Crippen LogP contribution in [-0.4, -0.2) is 79.1 Å². The van der Waals surface area contributed by atoms with Crippen LogP contribution in [0.2, 0.25) is 0 Å². The average Bonchev–Trinajstić information content (AvgIpc) is 3.00. The van der Waals surface area contributed by atoms with E-state index >= 15 is 0 Å². The van der Waals surface area contributed by atoms with Crippen LogP contribution >= 0.6 is 0 Å². The maximum absolute atomic E-state index is 12.2. The van der Waals surface area contributed by atoms with Gasteiger partial charge in [-0.3, -0.25) is 0 Å². The molecule has 0 spiro atoms. The molecule has 3 aliphatic rings. The average molecular weight is 252 g/mol. The van der Waals surface area contributed by atoms with Gasteiger partial charge in [-0.15, -0.1) is 0 Å². The molecule has 0 aromatic carbocycles. The van der Waals surface area contributed by atoms with Crippen molar-refractivity contribution in [3.8, 4) is 0 Å². The van der Waals surface area contributed by atoms with Crippen molar-refractivity contribution in [3.63, 3.8) is 0 Å².